The number of hydrogen-bond acceptors (Lipinski definition) is 3. The maximum Gasteiger partial charge on any atom is 0.253 e. The number of nitrogens with one attached hydrogen (secondary N) is 1. The van der Waals surface area contributed by atoms with Crippen LogP contribution in [0.2, 0.25) is 5.02 Å². The predicted molar refractivity (Wildman–Crippen MR) is 110 cm³/mol. The highest BCUT2D eigenvalue weighted by atomic mass is 35.5. The molecule has 0 heterocycles. The molecule has 0 aliphatic rings. The Morgan fingerprint density at radius 2 is 1.81 bits per heavy atom. The molecular formula is C20H23ClN2O2S. The Kier molecular flexibility index (Phi) is 8.01. The summed E-state index contributed by atoms with van der Waals surface area (Å²) in [5, 5.41) is 3.55. The summed E-state index contributed by atoms with van der Waals surface area (Å²) in [4.78, 5) is 26.3. The second kappa shape index (κ2) is 10.2. The molecule has 0 aliphatic carbocycles. The van der Waals surface area contributed by atoms with Crippen LogP contribution in [0.5, 0.6) is 0 Å². The van der Waals surface area contributed by atoms with Crippen molar-refractivity contribution in [3.8, 4) is 0 Å². The van der Waals surface area contributed by atoms with Gasteiger partial charge in [0.25, 0.3) is 5.91 Å². The standard InChI is InChI=1S/C20H23ClN2O2S/c1-3-23(4-2)20(25)16-8-6-10-18(12-16)22-19(24)14-26-13-15-7-5-9-17(21)11-15/h5-12H,3-4,13-14H2,1-2H3,(H,22,24). The van der Waals surface area contributed by atoms with Crippen molar-refractivity contribution in [2.24, 2.45) is 0 Å². The summed E-state index contributed by atoms with van der Waals surface area (Å²) in [5.74, 6) is 0.931. The van der Waals surface area contributed by atoms with Gasteiger partial charge in [-0.3, -0.25) is 9.59 Å². The topological polar surface area (TPSA) is 49.4 Å². The molecule has 0 bridgehead atoms. The van der Waals surface area contributed by atoms with Gasteiger partial charge in [0.15, 0.2) is 0 Å². The van der Waals surface area contributed by atoms with Crippen molar-refractivity contribution in [1.82, 2.24) is 4.90 Å². The second-order valence-electron chi connectivity index (χ2n) is 5.73. The van der Waals surface area contributed by atoms with Crippen LogP contribution in [-0.4, -0.2) is 35.6 Å². The fourth-order valence-electron chi connectivity index (χ4n) is 2.51. The van der Waals surface area contributed by atoms with E-state index < -0.39 is 0 Å². The van der Waals surface area contributed by atoms with Crippen LogP contribution in [0.3, 0.4) is 0 Å². The molecule has 0 spiro atoms. The Morgan fingerprint density at radius 1 is 1.08 bits per heavy atom. The summed E-state index contributed by atoms with van der Waals surface area (Å²) >= 11 is 7.48. The van der Waals surface area contributed by atoms with Gasteiger partial charge in [-0.05, 0) is 49.7 Å². The van der Waals surface area contributed by atoms with E-state index in [1.807, 2.05) is 38.1 Å². The van der Waals surface area contributed by atoms with E-state index in [0.29, 0.717) is 40.9 Å². The molecule has 2 amide bonds. The van der Waals surface area contributed by atoms with Crippen LogP contribution >= 0.6 is 23.4 Å². The van der Waals surface area contributed by atoms with Gasteiger partial charge in [0, 0.05) is 35.1 Å². The van der Waals surface area contributed by atoms with Gasteiger partial charge in [-0.2, -0.15) is 0 Å². The number of carbonyl (C=O) groups excluding carboxylic acids is 2. The quantitative estimate of drug-likeness (QED) is 0.711. The van der Waals surface area contributed by atoms with Crippen LogP contribution < -0.4 is 5.32 Å². The zero-order chi connectivity index (χ0) is 18.9. The Morgan fingerprint density at radius 3 is 2.50 bits per heavy atom. The number of carbonyl (C=O) groups is 2. The molecule has 4 nitrogen and oxygen atoms in total. The van der Waals surface area contributed by atoms with Crippen molar-refractivity contribution in [3.05, 3.63) is 64.7 Å². The normalized spacial score (nSPS) is 10.4. The molecule has 0 saturated heterocycles. The number of thioether (sulfide) groups is 1. The number of hydrogen-bond donors (Lipinski definition) is 1. The molecule has 0 saturated carbocycles. The smallest absolute Gasteiger partial charge is 0.253 e. The number of benzene rings is 2. The molecule has 0 radical (unpaired) electrons. The van der Waals surface area contributed by atoms with E-state index in [2.05, 4.69) is 5.32 Å². The summed E-state index contributed by atoms with van der Waals surface area (Å²) < 4.78 is 0. The average Bonchev–Trinajstić information content (AvgIpc) is 2.63. The van der Waals surface area contributed by atoms with Crippen LogP contribution in [-0.2, 0) is 10.5 Å². The highest BCUT2D eigenvalue weighted by Crippen LogP contribution is 2.17. The molecule has 1 N–H and O–H groups in total. The van der Waals surface area contributed by atoms with E-state index in [1.54, 1.807) is 29.2 Å². The number of nitrogens with zero attached hydrogens (tertiary/aromatic N) is 1. The van der Waals surface area contributed by atoms with Crippen LogP contribution in [0.15, 0.2) is 48.5 Å². The van der Waals surface area contributed by atoms with E-state index in [1.165, 1.54) is 11.8 Å². The van der Waals surface area contributed by atoms with Gasteiger partial charge in [-0.15, -0.1) is 11.8 Å². The zero-order valence-corrected chi connectivity index (χ0v) is 16.6. The molecule has 2 aromatic rings. The van der Waals surface area contributed by atoms with Crippen molar-refractivity contribution < 1.29 is 9.59 Å². The fourth-order valence-corrected chi connectivity index (χ4v) is 3.50. The molecule has 0 aliphatic heterocycles. The summed E-state index contributed by atoms with van der Waals surface area (Å²) in [6.07, 6.45) is 0. The Bertz CT molecular complexity index is 763. The molecule has 0 unspecified atom stereocenters. The summed E-state index contributed by atoms with van der Waals surface area (Å²) in [7, 11) is 0. The third-order valence-electron chi connectivity index (χ3n) is 3.83. The molecule has 2 rings (SSSR count). The van der Waals surface area contributed by atoms with E-state index in [-0.39, 0.29) is 11.8 Å². The number of rotatable bonds is 8. The highest BCUT2D eigenvalue weighted by molar-refractivity contribution is 7.99. The first kappa shape index (κ1) is 20.3. The van der Waals surface area contributed by atoms with Gasteiger partial charge in [0.05, 0.1) is 5.75 Å². The maximum absolute atomic E-state index is 12.4. The second-order valence-corrected chi connectivity index (χ2v) is 7.15. The molecule has 0 aromatic heterocycles. The monoisotopic (exact) mass is 390 g/mol. The van der Waals surface area contributed by atoms with Gasteiger partial charge in [-0.25, -0.2) is 0 Å². The lowest BCUT2D eigenvalue weighted by molar-refractivity contribution is -0.113. The zero-order valence-electron chi connectivity index (χ0n) is 15.0. The lowest BCUT2D eigenvalue weighted by Crippen LogP contribution is -2.30. The number of halogens is 1. The summed E-state index contributed by atoms with van der Waals surface area (Å²) in [6, 6.07) is 14.7. The van der Waals surface area contributed by atoms with Crippen LogP contribution in [0, 0.1) is 0 Å². The lowest BCUT2D eigenvalue weighted by Gasteiger charge is -2.19. The van der Waals surface area contributed by atoms with Crippen LogP contribution in [0.4, 0.5) is 5.69 Å². The predicted octanol–water partition coefficient (Wildman–Crippen LogP) is 4.69. The Balaban J connectivity index is 1.88. The highest BCUT2D eigenvalue weighted by Gasteiger charge is 2.13. The van der Waals surface area contributed by atoms with Gasteiger partial charge in [0.2, 0.25) is 5.91 Å². The van der Waals surface area contributed by atoms with Gasteiger partial charge >= 0.3 is 0 Å². The number of anilines is 1. The van der Waals surface area contributed by atoms with Crippen LogP contribution in [0.25, 0.3) is 0 Å². The molecule has 0 fully saturated rings. The number of amides is 2. The minimum atomic E-state index is -0.0931. The third kappa shape index (κ3) is 6.07. The first-order chi connectivity index (χ1) is 12.5. The van der Waals surface area contributed by atoms with Crippen molar-refractivity contribution in [2.75, 3.05) is 24.2 Å². The first-order valence-corrected chi connectivity index (χ1v) is 10.1. The minimum Gasteiger partial charge on any atom is -0.339 e. The molecule has 2 aromatic carbocycles. The van der Waals surface area contributed by atoms with E-state index in [0.717, 1.165) is 5.56 Å². The molecule has 6 heteroatoms. The fraction of sp³-hybridized carbons (Fsp3) is 0.300. The SMILES string of the molecule is CCN(CC)C(=O)c1cccc(NC(=O)CSCc2cccc(Cl)c2)c1. The van der Waals surface area contributed by atoms with Crippen molar-refractivity contribution >= 4 is 40.9 Å². The average molecular weight is 391 g/mol. The van der Waals surface area contributed by atoms with Crippen molar-refractivity contribution in [2.45, 2.75) is 19.6 Å². The first-order valence-electron chi connectivity index (χ1n) is 8.54. The Hall–Kier alpha value is -1.98. The molecule has 0 atom stereocenters. The summed E-state index contributed by atoms with van der Waals surface area (Å²) in [6.45, 7) is 5.21. The maximum atomic E-state index is 12.4. The van der Waals surface area contributed by atoms with E-state index in [9.17, 15) is 9.59 Å². The molecule has 138 valence electrons. The van der Waals surface area contributed by atoms with E-state index in [4.69, 9.17) is 11.6 Å². The van der Waals surface area contributed by atoms with Crippen molar-refractivity contribution in [3.63, 3.8) is 0 Å². The van der Waals surface area contributed by atoms with Gasteiger partial charge in [0.1, 0.15) is 0 Å². The summed E-state index contributed by atoms with van der Waals surface area (Å²) in [5.41, 5.74) is 2.30. The van der Waals surface area contributed by atoms with E-state index >= 15 is 0 Å². The van der Waals surface area contributed by atoms with Gasteiger partial charge < -0.3 is 10.2 Å². The lowest BCUT2D eigenvalue weighted by atomic mass is 10.1. The molecule has 26 heavy (non-hydrogen) atoms. The van der Waals surface area contributed by atoms with Crippen molar-refractivity contribution in [1.29, 1.82) is 0 Å². The van der Waals surface area contributed by atoms with Gasteiger partial charge in [-0.1, -0.05) is 29.8 Å². The largest absolute Gasteiger partial charge is 0.339 e. The third-order valence-corrected chi connectivity index (χ3v) is 5.07. The van der Waals surface area contributed by atoms with Crippen LogP contribution in [0.1, 0.15) is 29.8 Å². The minimum absolute atomic E-state index is 0.0265. The Labute approximate surface area is 163 Å². The molecular weight excluding hydrogens is 368 g/mol.